The molecule has 4 nitrogen and oxygen atoms in total. The molecule has 5 heteroatoms. The zero-order valence-corrected chi connectivity index (χ0v) is 12.8. The summed E-state index contributed by atoms with van der Waals surface area (Å²) in [5.74, 6) is 0.498. The van der Waals surface area contributed by atoms with Crippen LogP contribution in [0.4, 0.5) is 0 Å². The fourth-order valence-electron chi connectivity index (χ4n) is 2.20. The van der Waals surface area contributed by atoms with Crippen LogP contribution in [0, 0.1) is 0 Å². The number of hydrogen-bond acceptors (Lipinski definition) is 4. The first kappa shape index (κ1) is 14.1. The van der Waals surface area contributed by atoms with E-state index < -0.39 is 4.51 Å². The van der Waals surface area contributed by atoms with Gasteiger partial charge in [-0.25, -0.2) is 0 Å². The molecule has 0 fully saturated rings. The van der Waals surface area contributed by atoms with Gasteiger partial charge in [0, 0.05) is 17.7 Å². The lowest BCUT2D eigenvalue weighted by Crippen LogP contribution is -2.28. The van der Waals surface area contributed by atoms with E-state index in [4.69, 9.17) is 15.2 Å². The van der Waals surface area contributed by atoms with Crippen molar-refractivity contribution in [1.29, 1.82) is 0 Å². The fraction of sp³-hybridized carbons (Fsp3) is 0.188. The van der Waals surface area contributed by atoms with Crippen LogP contribution in [0.3, 0.4) is 0 Å². The monoisotopic (exact) mass is 347 g/mol. The first-order valence-electron chi connectivity index (χ1n) is 6.53. The van der Waals surface area contributed by atoms with Crippen molar-refractivity contribution in [3.05, 3.63) is 65.4 Å². The van der Waals surface area contributed by atoms with E-state index in [1.54, 1.807) is 36.4 Å². The molecule has 0 amide bonds. The van der Waals surface area contributed by atoms with E-state index in [0.29, 0.717) is 23.4 Å². The minimum Gasteiger partial charge on any atom is -0.467 e. The molecule has 0 radical (unpaired) electrons. The third-order valence-electron chi connectivity index (χ3n) is 3.36. The summed E-state index contributed by atoms with van der Waals surface area (Å²) in [5, 5.41) is 0. The molecular weight excluding hydrogens is 334 g/mol. The number of carbonyl (C=O) groups is 1. The van der Waals surface area contributed by atoms with Gasteiger partial charge in [-0.1, -0.05) is 18.2 Å². The molecule has 1 aliphatic carbocycles. The number of carbonyl (C=O) groups excluding carboxylic acids is 1. The first-order valence-corrected chi connectivity index (χ1v) is 7.32. The van der Waals surface area contributed by atoms with E-state index in [1.807, 2.05) is 6.08 Å². The molecule has 0 aromatic heterocycles. The Bertz CT molecular complexity index is 678. The van der Waals surface area contributed by atoms with E-state index in [1.165, 1.54) is 6.08 Å². The summed E-state index contributed by atoms with van der Waals surface area (Å²) in [6.07, 6.45) is 7.57. The topological polar surface area (TPSA) is 61.6 Å². The number of alkyl halides is 1. The van der Waals surface area contributed by atoms with Gasteiger partial charge in [0.1, 0.15) is 5.75 Å². The normalized spacial score (nSPS) is 25.1. The van der Waals surface area contributed by atoms with E-state index in [-0.39, 0.29) is 12.6 Å². The Hall–Kier alpha value is -1.85. The van der Waals surface area contributed by atoms with E-state index in [9.17, 15) is 4.79 Å². The molecule has 1 aromatic rings. The maximum absolute atomic E-state index is 12.2. The number of nitrogens with two attached hydrogens (primary N) is 1. The van der Waals surface area contributed by atoms with Crippen LogP contribution in [0.1, 0.15) is 16.8 Å². The molecule has 1 unspecified atom stereocenters. The van der Waals surface area contributed by atoms with Crippen LogP contribution in [0.5, 0.6) is 5.75 Å². The Morgan fingerprint density at radius 2 is 2.14 bits per heavy atom. The molecule has 2 heterocycles. The molecule has 4 rings (SSSR count). The van der Waals surface area contributed by atoms with Crippen LogP contribution in [0.15, 0.2) is 59.8 Å². The van der Waals surface area contributed by atoms with Gasteiger partial charge in [-0.15, -0.1) is 0 Å². The molecule has 4 bridgehead atoms. The lowest BCUT2D eigenvalue weighted by molar-refractivity contribution is -0.0288. The van der Waals surface area contributed by atoms with Crippen molar-refractivity contribution in [2.75, 3.05) is 6.79 Å². The Kier molecular flexibility index (Phi) is 3.69. The molecule has 0 saturated carbocycles. The Morgan fingerprint density at radius 1 is 1.29 bits per heavy atom. The standard InChI is InChI=1S/C16H14BrNO3/c17-16-7-6-11(14(18)9-16)4-5-15(19)12-2-1-3-13(8-12)20-10-21-16/h1-6,8-9H,7,10,18H2. The van der Waals surface area contributed by atoms with Crippen molar-refractivity contribution in [2.24, 2.45) is 5.73 Å². The average Bonchev–Trinajstić information content (AvgIpc) is 2.46. The van der Waals surface area contributed by atoms with Crippen molar-refractivity contribution in [3.8, 4) is 5.75 Å². The van der Waals surface area contributed by atoms with Crippen molar-refractivity contribution < 1.29 is 14.3 Å². The summed E-state index contributed by atoms with van der Waals surface area (Å²) in [6, 6.07) is 7.01. The molecule has 108 valence electrons. The third-order valence-corrected chi connectivity index (χ3v) is 4.14. The van der Waals surface area contributed by atoms with Crippen molar-refractivity contribution in [2.45, 2.75) is 10.9 Å². The number of rotatable bonds is 0. The van der Waals surface area contributed by atoms with Crippen LogP contribution in [0.25, 0.3) is 0 Å². The predicted molar refractivity (Wildman–Crippen MR) is 83.1 cm³/mol. The number of ketones is 1. The summed E-state index contributed by atoms with van der Waals surface area (Å²) < 4.78 is 10.6. The summed E-state index contributed by atoms with van der Waals surface area (Å²) in [7, 11) is 0. The summed E-state index contributed by atoms with van der Waals surface area (Å²) in [5.41, 5.74) is 7.96. The van der Waals surface area contributed by atoms with Crippen molar-refractivity contribution in [3.63, 3.8) is 0 Å². The van der Waals surface area contributed by atoms with Gasteiger partial charge in [-0.2, -0.15) is 0 Å². The second kappa shape index (κ2) is 5.50. The van der Waals surface area contributed by atoms with Crippen LogP contribution in [0.2, 0.25) is 0 Å². The Balaban J connectivity index is 1.99. The zero-order valence-electron chi connectivity index (χ0n) is 11.2. The number of ether oxygens (including phenoxy) is 2. The number of allylic oxidation sites excluding steroid dienone is 2. The summed E-state index contributed by atoms with van der Waals surface area (Å²) in [4.78, 5) is 12.2. The van der Waals surface area contributed by atoms with Crippen LogP contribution in [-0.4, -0.2) is 17.1 Å². The lowest BCUT2D eigenvalue weighted by atomic mass is 10.00. The minimum atomic E-state index is -0.676. The van der Waals surface area contributed by atoms with E-state index in [0.717, 1.165) is 5.57 Å². The predicted octanol–water partition coefficient (Wildman–Crippen LogP) is 3.06. The zero-order chi connectivity index (χ0) is 14.9. The Morgan fingerprint density at radius 3 is 2.95 bits per heavy atom. The highest BCUT2D eigenvalue weighted by Gasteiger charge is 2.28. The molecule has 2 aliphatic heterocycles. The highest BCUT2D eigenvalue weighted by Crippen LogP contribution is 2.33. The third kappa shape index (κ3) is 3.09. The first-order chi connectivity index (χ1) is 10.1. The molecule has 3 aliphatic rings. The van der Waals surface area contributed by atoms with E-state index >= 15 is 0 Å². The molecule has 1 atom stereocenters. The van der Waals surface area contributed by atoms with Gasteiger partial charge in [0.25, 0.3) is 0 Å². The van der Waals surface area contributed by atoms with Gasteiger partial charge in [-0.3, -0.25) is 4.79 Å². The highest BCUT2D eigenvalue weighted by atomic mass is 79.9. The molecule has 1 aromatic carbocycles. The van der Waals surface area contributed by atoms with Gasteiger partial charge in [0.05, 0.1) is 0 Å². The summed E-state index contributed by atoms with van der Waals surface area (Å²) in [6.45, 7) is 0.0588. The second-order valence-corrected chi connectivity index (χ2v) is 6.22. The van der Waals surface area contributed by atoms with Gasteiger partial charge in [0.2, 0.25) is 0 Å². The number of halogens is 1. The number of hydrogen-bond donors (Lipinski definition) is 1. The molecule has 0 saturated heterocycles. The highest BCUT2D eigenvalue weighted by molar-refractivity contribution is 9.10. The second-order valence-electron chi connectivity index (χ2n) is 4.88. The van der Waals surface area contributed by atoms with Crippen LogP contribution in [-0.2, 0) is 4.74 Å². The van der Waals surface area contributed by atoms with Crippen LogP contribution < -0.4 is 10.5 Å². The largest absolute Gasteiger partial charge is 0.467 e. The van der Waals surface area contributed by atoms with Gasteiger partial charge < -0.3 is 15.2 Å². The molecule has 2 N–H and O–H groups in total. The van der Waals surface area contributed by atoms with Crippen LogP contribution >= 0.6 is 15.9 Å². The van der Waals surface area contributed by atoms with Crippen molar-refractivity contribution >= 4 is 21.7 Å². The molecular formula is C16H14BrNO3. The Labute approximate surface area is 131 Å². The molecule has 21 heavy (non-hydrogen) atoms. The maximum atomic E-state index is 12.2. The van der Waals surface area contributed by atoms with Crippen molar-refractivity contribution in [1.82, 2.24) is 0 Å². The molecule has 0 spiro atoms. The minimum absolute atomic E-state index is 0.0588. The number of fused-ring (bicyclic) bond motifs is 4. The maximum Gasteiger partial charge on any atom is 0.191 e. The van der Waals surface area contributed by atoms with E-state index in [2.05, 4.69) is 15.9 Å². The number of benzene rings is 1. The van der Waals surface area contributed by atoms with Gasteiger partial charge in [0.15, 0.2) is 17.1 Å². The SMILES string of the molecule is NC1=CC2(Br)CC=C1C=CC(=O)c1cccc(c1)OCO2. The fourth-order valence-corrected chi connectivity index (χ4v) is 2.70. The average molecular weight is 348 g/mol. The summed E-state index contributed by atoms with van der Waals surface area (Å²) >= 11 is 3.52. The lowest BCUT2D eigenvalue weighted by Gasteiger charge is -2.27. The van der Waals surface area contributed by atoms with Gasteiger partial charge in [-0.05, 0) is 51.9 Å². The van der Waals surface area contributed by atoms with Gasteiger partial charge >= 0.3 is 0 Å². The smallest absolute Gasteiger partial charge is 0.191 e. The quantitative estimate of drug-likeness (QED) is 0.732.